The van der Waals surface area contributed by atoms with Gasteiger partial charge in [-0.05, 0) is 12.1 Å². The molecule has 0 unspecified atom stereocenters. The van der Waals surface area contributed by atoms with E-state index in [-0.39, 0.29) is 24.8 Å². The number of carbonyl (C=O) groups excluding carboxylic acids is 1. The lowest BCUT2D eigenvalue weighted by molar-refractivity contribution is -0.132. The summed E-state index contributed by atoms with van der Waals surface area (Å²) in [4.78, 5) is 23.8. The smallest absolute Gasteiger partial charge is 0.223 e. The van der Waals surface area contributed by atoms with Crippen molar-refractivity contribution in [3.05, 3.63) is 36.3 Å². The third-order valence-electron chi connectivity index (χ3n) is 5.38. The number of rotatable bonds is 5. The van der Waals surface area contributed by atoms with Crippen LogP contribution in [0.25, 0.3) is 5.65 Å². The summed E-state index contributed by atoms with van der Waals surface area (Å²) in [6, 6.07) is 6.09. The lowest BCUT2D eigenvalue weighted by Gasteiger charge is -2.35. The SMILES string of the molecule is Cl.Cl.O=C(CCN1CCN(Cc2cn3ccccc3n2)CC1)N1CCNCC1. The van der Waals surface area contributed by atoms with Crippen LogP contribution in [-0.4, -0.2) is 88.9 Å². The molecule has 2 fully saturated rings. The summed E-state index contributed by atoms with van der Waals surface area (Å²) >= 11 is 0. The van der Waals surface area contributed by atoms with E-state index in [9.17, 15) is 4.79 Å². The minimum atomic E-state index is 0. The van der Waals surface area contributed by atoms with Crippen LogP contribution in [0.4, 0.5) is 0 Å². The lowest BCUT2D eigenvalue weighted by atomic mass is 10.2. The van der Waals surface area contributed by atoms with Gasteiger partial charge in [0, 0.05) is 84.3 Å². The van der Waals surface area contributed by atoms with Gasteiger partial charge in [0.05, 0.1) is 5.69 Å². The fourth-order valence-electron chi connectivity index (χ4n) is 3.79. The molecule has 2 aliphatic rings. The minimum absolute atomic E-state index is 0. The number of fused-ring (bicyclic) bond motifs is 1. The van der Waals surface area contributed by atoms with Gasteiger partial charge in [0.15, 0.2) is 0 Å². The third kappa shape index (κ3) is 5.81. The van der Waals surface area contributed by atoms with E-state index < -0.39 is 0 Å². The van der Waals surface area contributed by atoms with Crippen molar-refractivity contribution in [2.24, 2.45) is 0 Å². The van der Waals surface area contributed by atoms with Gasteiger partial charge in [0.25, 0.3) is 0 Å². The number of piperazine rings is 2. The molecule has 7 nitrogen and oxygen atoms in total. The maximum Gasteiger partial charge on any atom is 0.223 e. The highest BCUT2D eigenvalue weighted by atomic mass is 35.5. The summed E-state index contributed by atoms with van der Waals surface area (Å²) in [5, 5.41) is 3.29. The second kappa shape index (κ2) is 11.0. The summed E-state index contributed by atoms with van der Waals surface area (Å²) in [6.07, 6.45) is 4.81. The number of aromatic nitrogens is 2. The van der Waals surface area contributed by atoms with Crippen molar-refractivity contribution in [3.63, 3.8) is 0 Å². The Morgan fingerprint density at radius 1 is 1.00 bits per heavy atom. The van der Waals surface area contributed by atoms with Gasteiger partial charge in [-0.15, -0.1) is 24.8 Å². The largest absolute Gasteiger partial charge is 0.340 e. The molecule has 2 saturated heterocycles. The van der Waals surface area contributed by atoms with Gasteiger partial charge in [-0.2, -0.15) is 0 Å². The highest BCUT2D eigenvalue weighted by Gasteiger charge is 2.20. The van der Waals surface area contributed by atoms with Crippen molar-refractivity contribution in [2.75, 3.05) is 58.9 Å². The molecule has 0 radical (unpaired) electrons. The van der Waals surface area contributed by atoms with Gasteiger partial charge in [0.2, 0.25) is 5.91 Å². The Hall–Kier alpha value is -1.38. The number of imidazole rings is 1. The van der Waals surface area contributed by atoms with E-state index in [0.717, 1.165) is 76.8 Å². The topological polar surface area (TPSA) is 56.1 Å². The maximum atomic E-state index is 12.3. The number of carbonyl (C=O) groups is 1. The molecular weight excluding hydrogens is 399 g/mol. The minimum Gasteiger partial charge on any atom is -0.340 e. The third-order valence-corrected chi connectivity index (χ3v) is 5.38. The van der Waals surface area contributed by atoms with Gasteiger partial charge >= 0.3 is 0 Å². The van der Waals surface area contributed by atoms with Crippen LogP contribution < -0.4 is 5.32 Å². The van der Waals surface area contributed by atoms with Gasteiger partial charge in [-0.1, -0.05) is 6.07 Å². The molecule has 0 bridgehead atoms. The van der Waals surface area contributed by atoms with Crippen LogP contribution in [0.5, 0.6) is 0 Å². The van der Waals surface area contributed by atoms with E-state index >= 15 is 0 Å². The molecule has 4 heterocycles. The van der Waals surface area contributed by atoms with Crippen molar-refractivity contribution < 1.29 is 4.79 Å². The van der Waals surface area contributed by atoms with E-state index in [1.165, 1.54) is 0 Å². The van der Waals surface area contributed by atoms with Crippen molar-refractivity contribution >= 4 is 36.4 Å². The second-order valence-electron chi connectivity index (χ2n) is 7.20. The molecule has 2 aromatic rings. The van der Waals surface area contributed by atoms with Gasteiger partial charge in [-0.3, -0.25) is 9.69 Å². The highest BCUT2D eigenvalue weighted by Crippen LogP contribution is 2.10. The molecule has 1 amide bonds. The van der Waals surface area contributed by atoms with Crippen molar-refractivity contribution in [3.8, 4) is 0 Å². The fraction of sp³-hybridized carbons (Fsp3) is 0.579. The molecule has 28 heavy (non-hydrogen) atoms. The molecule has 0 atom stereocenters. The average molecular weight is 429 g/mol. The zero-order chi connectivity index (χ0) is 17.8. The average Bonchev–Trinajstić information content (AvgIpc) is 3.10. The fourth-order valence-corrected chi connectivity index (χ4v) is 3.79. The second-order valence-corrected chi connectivity index (χ2v) is 7.20. The summed E-state index contributed by atoms with van der Waals surface area (Å²) in [5.41, 5.74) is 2.13. The first kappa shape index (κ1) is 22.9. The summed E-state index contributed by atoms with van der Waals surface area (Å²) < 4.78 is 2.08. The Balaban J connectivity index is 0.00000140. The molecular formula is C19H30Cl2N6O. The summed E-state index contributed by atoms with van der Waals surface area (Å²) in [7, 11) is 0. The van der Waals surface area contributed by atoms with Crippen LogP contribution >= 0.6 is 24.8 Å². The zero-order valence-corrected chi connectivity index (χ0v) is 17.8. The zero-order valence-electron chi connectivity index (χ0n) is 16.1. The Bertz CT molecular complexity index is 708. The molecule has 0 aromatic carbocycles. The molecule has 9 heteroatoms. The number of pyridine rings is 1. The van der Waals surface area contributed by atoms with Crippen LogP contribution in [0, 0.1) is 0 Å². The summed E-state index contributed by atoms with van der Waals surface area (Å²) in [5.74, 6) is 0.304. The Morgan fingerprint density at radius 3 is 2.43 bits per heavy atom. The van der Waals surface area contributed by atoms with Gasteiger partial charge in [-0.25, -0.2) is 4.98 Å². The predicted octanol–water partition coefficient (Wildman–Crippen LogP) is 1.12. The monoisotopic (exact) mass is 428 g/mol. The molecule has 0 spiro atoms. The molecule has 4 rings (SSSR count). The number of hydrogen-bond acceptors (Lipinski definition) is 5. The highest BCUT2D eigenvalue weighted by molar-refractivity contribution is 5.85. The van der Waals surface area contributed by atoms with Crippen LogP contribution in [-0.2, 0) is 11.3 Å². The summed E-state index contributed by atoms with van der Waals surface area (Å²) in [6.45, 7) is 9.47. The van der Waals surface area contributed by atoms with Crippen LogP contribution in [0.15, 0.2) is 30.6 Å². The standard InChI is InChI=1S/C19H28N6O.2ClH/c26-19(24-9-5-20-6-10-24)4-8-22-11-13-23(14-12-22)15-17-16-25-7-2-1-3-18(25)21-17;;/h1-3,7,16,20H,4-6,8-15H2;2*1H. The van der Waals surface area contributed by atoms with E-state index in [1.54, 1.807) is 0 Å². The quantitative estimate of drug-likeness (QED) is 0.772. The Morgan fingerprint density at radius 2 is 1.71 bits per heavy atom. The van der Waals surface area contributed by atoms with Gasteiger partial charge in [0.1, 0.15) is 5.65 Å². The first-order valence-corrected chi connectivity index (χ1v) is 9.64. The van der Waals surface area contributed by atoms with Crippen molar-refractivity contribution in [2.45, 2.75) is 13.0 Å². The van der Waals surface area contributed by atoms with E-state index in [2.05, 4.69) is 30.7 Å². The van der Waals surface area contributed by atoms with E-state index in [0.29, 0.717) is 12.3 Å². The van der Waals surface area contributed by atoms with Crippen molar-refractivity contribution in [1.29, 1.82) is 0 Å². The number of hydrogen-bond donors (Lipinski definition) is 1. The molecule has 0 aliphatic carbocycles. The van der Waals surface area contributed by atoms with E-state index in [1.807, 2.05) is 29.3 Å². The molecule has 156 valence electrons. The molecule has 1 N–H and O–H groups in total. The number of amides is 1. The number of nitrogens with one attached hydrogen (secondary N) is 1. The van der Waals surface area contributed by atoms with Gasteiger partial charge < -0.3 is 19.5 Å². The number of nitrogens with zero attached hydrogens (tertiary/aromatic N) is 5. The van der Waals surface area contributed by atoms with Crippen LogP contribution in [0.2, 0.25) is 0 Å². The normalized spacial score (nSPS) is 18.5. The molecule has 0 saturated carbocycles. The van der Waals surface area contributed by atoms with Crippen LogP contribution in [0.1, 0.15) is 12.1 Å². The van der Waals surface area contributed by atoms with Crippen molar-refractivity contribution in [1.82, 2.24) is 29.4 Å². The van der Waals surface area contributed by atoms with E-state index in [4.69, 9.17) is 0 Å². The first-order chi connectivity index (χ1) is 12.8. The number of halogens is 2. The lowest BCUT2D eigenvalue weighted by Crippen LogP contribution is -2.49. The predicted molar refractivity (Wildman–Crippen MR) is 115 cm³/mol. The Kier molecular flexibility index (Phi) is 8.98. The first-order valence-electron chi connectivity index (χ1n) is 9.64. The van der Waals surface area contributed by atoms with Crippen LogP contribution in [0.3, 0.4) is 0 Å². The Labute approximate surface area is 178 Å². The maximum absolute atomic E-state index is 12.3. The molecule has 2 aromatic heterocycles. The molecule has 2 aliphatic heterocycles.